The third-order valence-corrected chi connectivity index (χ3v) is 5.36. The summed E-state index contributed by atoms with van der Waals surface area (Å²) in [5.41, 5.74) is 3.13. The Morgan fingerprint density at radius 2 is 2.15 bits per heavy atom. The van der Waals surface area contributed by atoms with Crippen molar-refractivity contribution in [1.82, 2.24) is 15.1 Å². The van der Waals surface area contributed by atoms with Gasteiger partial charge in [-0.05, 0) is 51.3 Å². The average Bonchev–Trinajstić information content (AvgIpc) is 2.84. The number of benzene rings is 1. The summed E-state index contributed by atoms with van der Waals surface area (Å²) in [4.78, 5) is 14.4. The first-order valence-electron chi connectivity index (χ1n) is 8.85. The summed E-state index contributed by atoms with van der Waals surface area (Å²) in [6.45, 7) is 7.14. The SMILES string of the molecule is Cc1ccc(F)c(N2CCCC(NC(=O)Cn3nc(C)c(Cl)c3C)C2)c1. The number of hydrogen-bond acceptors (Lipinski definition) is 3. The summed E-state index contributed by atoms with van der Waals surface area (Å²) in [7, 11) is 0. The molecule has 1 atom stereocenters. The van der Waals surface area contributed by atoms with Crippen molar-refractivity contribution in [3.8, 4) is 0 Å². The number of carbonyl (C=O) groups excluding carboxylic acids is 1. The van der Waals surface area contributed by atoms with Crippen LogP contribution in [0.3, 0.4) is 0 Å². The Labute approximate surface area is 158 Å². The number of piperidine rings is 1. The van der Waals surface area contributed by atoms with Crippen LogP contribution in [0.25, 0.3) is 0 Å². The Kier molecular flexibility index (Phi) is 5.51. The van der Waals surface area contributed by atoms with Gasteiger partial charge in [0.15, 0.2) is 0 Å². The Bertz CT molecular complexity index is 820. The van der Waals surface area contributed by atoms with Crippen LogP contribution < -0.4 is 10.2 Å². The van der Waals surface area contributed by atoms with E-state index in [1.165, 1.54) is 6.07 Å². The molecule has 0 radical (unpaired) electrons. The van der Waals surface area contributed by atoms with Crippen LogP contribution in [0, 0.1) is 26.6 Å². The lowest BCUT2D eigenvalue weighted by Gasteiger charge is -2.35. The van der Waals surface area contributed by atoms with E-state index in [1.54, 1.807) is 10.7 Å². The van der Waals surface area contributed by atoms with Gasteiger partial charge in [0.1, 0.15) is 12.4 Å². The van der Waals surface area contributed by atoms with E-state index in [0.717, 1.165) is 36.3 Å². The molecule has 140 valence electrons. The molecule has 0 aliphatic carbocycles. The van der Waals surface area contributed by atoms with Gasteiger partial charge in [-0.25, -0.2) is 4.39 Å². The normalized spacial score (nSPS) is 17.4. The highest BCUT2D eigenvalue weighted by atomic mass is 35.5. The van der Waals surface area contributed by atoms with Gasteiger partial charge >= 0.3 is 0 Å². The molecule has 1 fully saturated rings. The Balaban J connectivity index is 1.63. The predicted octanol–water partition coefficient (Wildman–Crippen LogP) is 3.39. The summed E-state index contributed by atoms with van der Waals surface area (Å²) < 4.78 is 15.8. The fraction of sp³-hybridized carbons (Fsp3) is 0.474. The molecule has 5 nitrogen and oxygen atoms in total. The molecule has 1 aromatic carbocycles. The number of amides is 1. The standard InChI is InChI=1S/C19H24ClFN4O/c1-12-6-7-16(21)17(9-12)24-8-4-5-15(10-24)22-18(26)11-25-14(3)19(20)13(2)23-25/h6-7,9,15H,4-5,8,10-11H2,1-3H3,(H,22,26). The molecule has 2 aromatic rings. The summed E-state index contributed by atoms with van der Waals surface area (Å²) in [6, 6.07) is 5.11. The predicted molar refractivity (Wildman–Crippen MR) is 101 cm³/mol. The summed E-state index contributed by atoms with van der Waals surface area (Å²) in [5.74, 6) is -0.330. The van der Waals surface area contributed by atoms with Crippen molar-refractivity contribution in [3.05, 3.63) is 46.0 Å². The first-order chi connectivity index (χ1) is 12.3. The van der Waals surface area contributed by atoms with Crippen molar-refractivity contribution in [2.75, 3.05) is 18.0 Å². The van der Waals surface area contributed by atoms with E-state index in [2.05, 4.69) is 10.4 Å². The number of aryl methyl sites for hydroxylation is 2. The van der Waals surface area contributed by atoms with Gasteiger partial charge in [0.2, 0.25) is 5.91 Å². The number of rotatable bonds is 4. The van der Waals surface area contributed by atoms with Crippen LogP contribution in [0.5, 0.6) is 0 Å². The highest BCUT2D eigenvalue weighted by molar-refractivity contribution is 6.31. The van der Waals surface area contributed by atoms with Crippen molar-refractivity contribution in [1.29, 1.82) is 0 Å². The molecule has 1 aliphatic rings. The number of halogens is 2. The van der Waals surface area contributed by atoms with Gasteiger partial charge in [-0.3, -0.25) is 9.48 Å². The van der Waals surface area contributed by atoms with Crippen molar-refractivity contribution in [2.45, 2.75) is 46.2 Å². The lowest BCUT2D eigenvalue weighted by atomic mass is 10.0. The second-order valence-electron chi connectivity index (χ2n) is 6.95. The van der Waals surface area contributed by atoms with Crippen molar-refractivity contribution < 1.29 is 9.18 Å². The van der Waals surface area contributed by atoms with E-state index in [1.807, 2.05) is 31.7 Å². The largest absolute Gasteiger partial charge is 0.367 e. The number of nitrogens with zero attached hydrogens (tertiary/aromatic N) is 3. The zero-order chi connectivity index (χ0) is 18.8. The number of anilines is 1. The molecule has 1 aromatic heterocycles. The first-order valence-corrected chi connectivity index (χ1v) is 9.23. The summed E-state index contributed by atoms with van der Waals surface area (Å²) >= 11 is 6.13. The van der Waals surface area contributed by atoms with Crippen LogP contribution >= 0.6 is 11.6 Å². The van der Waals surface area contributed by atoms with Gasteiger partial charge in [0, 0.05) is 19.1 Å². The molecule has 3 rings (SSSR count). The molecule has 26 heavy (non-hydrogen) atoms. The van der Waals surface area contributed by atoms with Crippen LogP contribution in [0.15, 0.2) is 18.2 Å². The second kappa shape index (κ2) is 7.66. The maximum atomic E-state index is 14.2. The fourth-order valence-corrected chi connectivity index (χ4v) is 3.55. The number of hydrogen-bond donors (Lipinski definition) is 1. The molecule has 2 heterocycles. The van der Waals surface area contributed by atoms with E-state index in [9.17, 15) is 9.18 Å². The molecule has 1 saturated heterocycles. The van der Waals surface area contributed by atoms with Crippen LogP contribution in [-0.4, -0.2) is 34.8 Å². The van der Waals surface area contributed by atoms with E-state index < -0.39 is 0 Å². The van der Waals surface area contributed by atoms with Crippen molar-refractivity contribution >= 4 is 23.2 Å². The van der Waals surface area contributed by atoms with Crippen LogP contribution in [-0.2, 0) is 11.3 Å². The van der Waals surface area contributed by atoms with Gasteiger partial charge < -0.3 is 10.2 Å². The number of carbonyl (C=O) groups is 1. The smallest absolute Gasteiger partial charge is 0.242 e. The molecule has 1 amide bonds. The maximum Gasteiger partial charge on any atom is 0.242 e. The summed E-state index contributed by atoms with van der Waals surface area (Å²) in [6.07, 6.45) is 1.79. The molecule has 0 saturated carbocycles. The molecule has 1 N–H and O–H groups in total. The van der Waals surface area contributed by atoms with E-state index in [4.69, 9.17) is 11.6 Å². The third-order valence-electron chi connectivity index (χ3n) is 4.82. The van der Waals surface area contributed by atoms with Crippen LogP contribution in [0.1, 0.15) is 29.8 Å². The molecule has 7 heteroatoms. The molecule has 1 unspecified atom stereocenters. The Morgan fingerprint density at radius 1 is 1.38 bits per heavy atom. The quantitative estimate of drug-likeness (QED) is 0.887. The lowest BCUT2D eigenvalue weighted by molar-refractivity contribution is -0.122. The van der Waals surface area contributed by atoms with Crippen LogP contribution in [0.2, 0.25) is 5.02 Å². The van der Waals surface area contributed by atoms with Gasteiger partial charge in [-0.1, -0.05) is 17.7 Å². The monoisotopic (exact) mass is 378 g/mol. The second-order valence-corrected chi connectivity index (χ2v) is 7.33. The van der Waals surface area contributed by atoms with Gasteiger partial charge in [-0.15, -0.1) is 0 Å². The molecular formula is C19H24ClFN4O. The number of aromatic nitrogens is 2. The lowest BCUT2D eigenvalue weighted by Crippen LogP contribution is -2.48. The average molecular weight is 379 g/mol. The fourth-order valence-electron chi connectivity index (χ4n) is 3.42. The van der Waals surface area contributed by atoms with Gasteiger partial charge in [0.05, 0.1) is 22.1 Å². The maximum absolute atomic E-state index is 14.2. The minimum absolute atomic E-state index is 0.0106. The van der Waals surface area contributed by atoms with Gasteiger partial charge in [-0.2, -0.15) is 5.10 Å². The molecule has 0 spiro atoms. The topological polar surface area (TPSA) is 50.2 Å². The molecular weight excluding hydrogens is 355 g/mol. The molecule has 0 bridgehead atoms. The highest BCUT2D eigenvalue weighted by Gasteiger charge is 2.24. The van der Waals surface area contributed by atoms with Gasteiger partial charge in [0.25, 0.3) is 0 Å². The first kappa shape index (κ1) is 18.7. The minimum atomic E-state index is -0.222. The zero-order valence-electron chi connectivity index (χ0n) is 15.4. The van der Waals surface area contributed by atoms with E-state index >= 15 is 0 Å². The van der Waals surface area contributed by atoms with E-state index in [0.29, 0.717) is 17.3 Å². The zero-order valence-corrected chi connectivity index (χ0v) is 16.1. The van der Waals surface area contributed by atoms with E-state index in [-0.39, 0.29) is 24.3 Å². The van der Waals surface area contributed by atoms with Crippen molar-refractivity contribution in [2.24, 2.45) is 0 Å². The molecule has 1 aliphatic heterocycles. The highest BCUT2D eigenvalue weighted by Crippen LogP contribution is 2.24. The third kappa shape index (κ3) is 4.01. The Morgan fingerprint density at radius 3 is 2.85 bits per heavy atom. The number of nitrogens with one attached hydrogen (secondary N) is 1. The van der Waals surface area contributed by atoms with Crippen molar-refractivity contribution in [3.63, 3.8) is 0 Å². The van der Waals surface area contributed by atoms with Crippen LogP contribution in [0.4, 0.5) is 10.1 Å². The summed E-state index contributed by atoms with van der Waals surface area (Å²) in [5, 5.41) is 7.93. The Hall–Kier alpha value is -2.08. The minimum Gasteiger partial charge on any atom is -0.367 e.